The number of methoxy groups -OCH3 is 1. The number of carbonyl (C=O) groups excluding carboxylic acids is 1. The average Bonchev–Trinajstić information content (AvgIpc) is 2.43. The van der Waals surface area contributed by atoms with E-state index in [0.29, 0.717) is 5.56 Å². The van der Waals surface area contributed by atoms with Gasteiger partial charge in [-0.25, -0.2) is 0 Å². The number of hydrogen-bond acceptors (Lipinski definition) is 3. The molecule has 0 fully saturated rings. The summed E-state index contributed by atoms with van der Waals surface area (Å²) in [6.45, 7) is 4.94. The Bertz CT molecular complexity index is 419. The SMILES string of the molecule is CCC(CCNC)NC(=O)c1ccc(C)c(OC)c1. The molecule has 0 aromatic heterocycles. The topological polar surface area (TPSA) is 50.4 Å². The summed E-state index contributed by atoms with van der Waals surface area (Å²) in [7, 11) is 3.53. The molecule has 0 spiro atoms. The summed E-state index contributed by atoms with van der Waals surface area (Å²) < 4.78 is 5.24. The minimum absolute atomic E-state index is 0.0405. The molecule has 0 bridgehead atoms. The molecule has 1 unspecified atom stereocenters. The van der Waals surface area contributed by atoms with Crippen LogP contribution in [0.5, 0.6) is 5.75 Å². The van der Waals surface area contributed by atoms with E-state index in [0.717, 1.165) is 30.7 Å². The summed E-state index contributed by atoms with van der Waals surface area (Å²) in [5.41, 5.74) is 1.67. The fraction of sp³-hybridized carbons (Fsp3) is 0.533. The molecule has 2 N–H and O–H groups in total. The Morgan fingerprint density at radius 2 is 2.16 bits per heavy atom. The first-order chi connectivity index (χ1) is 9.12. The van der Waals surface area contributed by atoms with Gasteiger partial charge in [0.05, 0.1) is 7.11 Å². The Kier molecular flexibility index (Phi) is 6.36. The van der Waals surface area contributed by atoms with Gasteiger partial charge in [-0.3, -0.25) is 4.79 Å². The van der Waals surface area contributed by atoms with E-state index in [1.807, 2.05) is 26.1 Å². The zero-order chi connectivity index (χ0) is 14.3. The van der Waals surface area contributed by atoms with Crippen molar-refractivity contribution in [2.45, 2.75) is 32.7 Å². The fourth-order valence-electron chi connectivity index (χ4n) is 1.93. The van der Waals surface area contributed by atoms with E-state index in [1.165, 1.54) is 0 Å². The molecular formula is C15H24N2O2. The van der Waals surface area contributed by atoms with Gasteiger partial charge in [-0.15, -0.1) is 0 Å². The van der Waals surface area contributed by atoms with E-state index in [2.05, 4.69) is 17.6 Å². The number of hydrogen-bond donors (Lipinski definition) is 2. The molecule has 1 amide bonds. The predicted octanol–water partition coefficient (Wildman–Crippen LogP) is 2.12. The van der Waals surface area contributed by atoms with Crippen LogP contribution in [-0.2, 0) is 0 Å². The highest BCUT2D eigenvalue weighted by molar-refractivity contribution is 5.94. The van der Waals surface area contributed by atoms with Crippen molar-refractivity contribution >= 4 is 5.91 Å². The van der Waals surface area contributed by atoms with Crippen LogP contribution in [0.1, 0.15) is 35.7 Å². The molecule has 1 aromatic carbocycles. The number of benzene rings is 1. The Morgan fingerprint density at radius 3 is 2.74 bits per heavy atom. The highest BCUT2D eigenvalue weighted by Gasteiger charge is 2.13. The molecule has 4 nitrogen and oxygen atoms in total. The number of nitrogens with one attached hydrogen (secondary N) is 2. The minimum atomic E-state index is -0.0405. The van der Waals surface area contributed by atoms with Gasteiger partial charge in [0, 0.05) is 11.6 Å². The predicted molar refractivity (Wildman–Crippen MR) is 77.8 cm³/mol. The van der Waals surface area contributed by atoms with Crippen molar-refractivity contribution in [3.8, 4) is 5.75 Å². The molecule has 4 heteroatoms. The molecule has 0 aliphatic rings. The summed E-state index contributed by atoms with van der Waals surface area (Å²) in [4.78, 5) is 12.2. The number of aryl methyl sites for hydroxylation is 1. The molecule has 0 aliphatic carbocycles. The fourth-order valence-corrected chi connectivity index (χ4v) is 1.93. The molecule has 0 radical (unpaired) electrons. The highest BCUT2D eigenvalue weighted by Crippen LogP contribution is 2.19. The maximum absolute atomic E-state index is 12.2. The van der Waals surface area contributed by atoms with Gasteiger partial charge in [0.2, 0.25) is 0 Å². The zero-order valence-electron chi connectivity index (χ0n) is 12.2. The molecule has 106 valence electrons. The largest absolute Gasteiger partial charge is 0.496 e. The van der Waals surface area contributed by atoms with Crippen molar-refractivity contribution in [2.75, 3.05) is 20.7 Å². The van der Waals surface area contributed by atoms with Gasteiger partial charge < -0.3 is 15.4 Å². The lowest BCUT2D eigenvalue weighted by atomic mass is 10.1. The third kappa shape index (κ3) is 4.56. The molecule has 0 saturated carbocycles. The highest BCUT2D eigenvalue weighted by atomic mass is 16.5. The van der Waals surface area contributed by atoms with Crippen molar-refractivity contribution in [3.05, 3.63) is 29.3 Å². The lowest BCUT2D eigenvalue weighted by molar-refractivity contribution is 0.0933. The third-order valence-corrected chi connectivity index (χ3v) is 3.24. The summed E-state index contributed by atoms with van der Waals surface area (Å²) >= 11 is 0. The lowest BCUT2D eigenvalue weighted by Gasteiger charge is -2.17. The Balaban J connectivity index is 2.71. The summed E-state index contributed by atoms with van der Waals surface area (Å²) in [6, 6.07) is 5.72. The van der Waals surface area contributed by atoms with Gasteiger partial charge in [0.1, 0.15) is 5.75 Å². The summed E-state index contributed by atoms with van der Waals surface area (Å²) in [6.07, 6.45) is 1.86. The first kappa shape index (κ1) is 15.5. The second-order valence-electron chi connectivity index (χ2n) is 4.66. The van der Waals surface area contributed by atoms with E-state index in [1.54, 1.807) is 13.2 Å². The number of amides is 1. The van der Waals surface area contributed by atoms with Gasteiger partial charge in [-0.05, 0) is 51.1 Å². The van der Waals surface area contributed by atoms with Crippen LogP contribution >= 0.6 is 0 Å². The van der Waals surface area contributed by atoms with Crippen LogP contribution < -0.4 is 15.4 Å². The van der Waals surface area contributed by atoms with Crippen LogP contribution in [0.3, 0.4) is 0 Å². The van der Waals surface area contributed by atoms with Crippen LogP contribution in [0.4, 0.5) is 0 Å². The van der Waals surface area contributed by atoms with Crippen molar-refractivity contribution in [1.82, 2.24) is 10.6 Å². The first-order valence-electron chi connectivity index (χ1n) is 6.72. The normalized spacial score (nSPS) is 12.0. The second-order valence-corrected chi connectivity index (χ2v) is 4.66. The monoisotopic (exact) mass is 264 g/mol. The quantitative estimate of drug-likeness (QED) is 0.793. The molecule has 1 aromatic rings. The van der Waals surface area contributed by atoms with Crippen LogP contribution in [0, 0.1) is 6.92 Å². The van der Waals surface area contributed by atoms with Crippen molar-refractivity contribution in [3.63, 3.8) is 0 Å². The maximum atomic E-state index is 12.2. The van der Waals surface area contributed by atoms with Gasteiger partial charge in [-0.1, -0.05) is 13.0 Å². The smallest absolute Gasteiger partial charge is 0.251 e. The van der Waals surface area contributed by atoms with Crippen molar-refractivity contribution in [2.24, 2.45) is 0 Å². The van der Waals surface area contributed by atoms with E-state index in [4.69, 9.17) is 4.74 Å². The molecule has 0 saturated heterocycles. The molecular weight excluding hydrogens is 240 g/mol. The van der Waals surface area contributed by atoms with Gasteiger partial charge in [0.15, 0.2) is 0 Å². The van der Waals surface area contributed by atoms with Crippen LogP contribution in [0.2, 0.25) is 0 Å². The van der Waals surface area contributed by atoms with E-state index in [-0.39, 0.29) is 11.9 Å². The standard InChI is InChI=1S/C15H24N2O2/c1-5-13(8-9-16-3)17-15(18)12-7-6-11(2)14(10-12)19-4/h6-7,10,13,16H,5,8-9H2,1-4H3,(H,17,18). The lowest BCUT2D eigenvalue weighted by Crippen LogP contribution is -2.36. The zero-order valence-corrected chi connectivity index (χ0v) is 12.2. The number of ether oxygens (including phenoxy) is 1. The Hall–Kier alpha value is -1.55. The van der Waals surface area contributed by atoms with Crippen molar-refractivity contribution in [1.29, 1.82) is 0 Å². The average molecular weight is 264 g/mol. The first-order valence-corrected chi connectivity index (χ1v) is 6.72. The van der Waals surface area contributed by atoms with Crippen molar-refractivity contribution < 1.29 is 9.53 Å². The minimum Gasteiger partial charge on any atom is -0.496 e. The second kappa shape index (κ2) is 7.79. The number of rotatable bonds is 7. The molecule has 1 atom stereocenters. The van der Waals surface area contributed by atoms with Gasteiger partial charge in [-0.2, -0.15) is 0 Å². The Morgan fingerprint density at radius 1 is 1.42 bits per heavy atom. The van der Waals surface area contributed by atoms with E-state index in [9.17, 15) is 4.79 Å². The van der Waals surface area contributed by atoms with Crippen LogP contribution in [0.15, 0.2) is 18.2 Å². The summed E-state index contributed by atoms with van der Waals surface area (Å²) in [5, 5.41) is 6.15. The third-order valence-electron chi connectivity index (χ3n) is 3.24. The molecule has 0 heterocycles. The number of carbonyl (C=O) groups is 1. The Labute approximate surface area is 115 Å². The maximum Gasteiger partial charge on any atom is 0.251 e. The summed E-state index contributed by atoms with van der Waals surface area (Å²) in [5.74, 6) is 0.706. The molecule has 0 aliphatic heterocycles. The van der Waals surface area contributed by atoms with Gasteiger partial charge >= 0.3 is 0 Å². The van der Waals surface area contributed by atoms with E-state index >= 15 is 0 Å². The van der Waals surface area contributed by atoms with Gasteiger partial charge in [0.25, 0.3) is 5.91 Å². The molecule has 19 heavy (non-hydrogen) atoms. The van der Waals surface area contributed by atoms with E-state index < -0.39 is 0 Å². The van der Waals surface area contributed by atoms with Crippen LogP contribution in [-0.4, -0.2) is 32.7 Å². The molecule has 1 rings (SSSR count). The van der Waals surface area contributed by atoms with Crippen LogP contribution in [0.25, 0.3) is 0 Å².